The molecule has 2 aliphatic carbocycles. The maximum absolute atomic E-state index is 2.57. The van der Waals surface area contributed by atoms with Gasteiger partial charge in [0.25, 0.3) is 0 Å². The molecule has 1 aromatic heterocycles. The van der Waals surface area contributed by atoms with E-state index in [-0.39, 0.29) is 0 Å². The maximum Gasteiger partial charge on any atom is 0.0726 e. The minimum Gasteiger partial charge on any atom is -0.309 e. The van der Waals surface area contributed by atoms with Crippen LogP contribution in [0.1, 0.15) is 22.3 Å². The Morgan fingerprint density at radius 1 is 0.302 bits per heavy atom. The van der Waals surface area contributed by atoms with Gasteiger partial charge in [-0.1, -0.05) is 182 Å². The highest BCUT2D eigenvalue weighted by atomic mass is 32.1. The van der Waals surface area contributed by atoms with Crippen molar-refractivity contribution in [3.8, 4) is 33.4 Å². The smallest absolute Gasteiger partial charge is 0.0726 e. The Hall–Kier alpha value is -7.78. The minimum absolute atomic E-state index is 0.465. The van der Waals surface area contributed by atoms with Crippen LogP contribution in [0, 0.1) is 0 Å². The zero-order valence-electron chi connectivity index (χ0n) is 34.2. The number of thiophene rings is 1. The molecule has 0 amide bonds. The Morgan fingerprint density at radius 3 is 1.44 bits per heavy atom. The second kappa shape index (κ2) is 13.1. The van der Waals surface area contributed by atoms with Crippen LogP contribution in [0.15, 0.2) is 224 Å². The molecule has 14 rings (SSSR count). The topological polar surface area (TPSA) is 3.24 Å². The maximum atomic E-state index is 2.57. The molecule has 0 saturated carbocycles. The number of para-hydroxylation sites is 1. The van der Waals surface area contributed by atoms with Crippen LogP contribution in [-0.4, -0.2) is 0 Å². The molecule has 1 spiro atoms. The lowest BCUT2D eigenvalue weighted by molar-refractivity contribution is 0.793. The van der Waals surface area contributed by atoms with Gasteiger partial charge in [-0.05, 0) is 119 Å². The van der Waals surface area contributed by atoms with E-state index in [2.05, 4.69) is 229 Å². The van der Waals surface area contributed by atoms with E-state index in [0.29, 0.717) is 0 Å². The first kappa shape index (κ1) is 34.9. The van der Waals surface area contributed by atoms with Gasteiger partial charge in [-0.3, -0.25) is 0 Å². The Morgan fingerprint density at radius 2 is 0.778 bits per heavy atom. The standard InChI is InChI=1S/C61H37NS/c1-2-18-43-41(17-1)42-19-3-4-24-49(42)60-50(43)25-15-30-57(60)62(56-29-13-8-16-40(56)38-32-35-59-51(36-38)48-23-9-14-31-58(48)63-59)39-33-34-47-46-22-7-12-28-54(46)61(55(47)37-39)52-26-10-5-20-44(52)45-21-6-11-27-53(45)61/h1-37H. The predicted molar refractivity (Wildman–Crippen MR) is 268 cm³/mol. The van der Waals surface area contributed by atoms with Crippen molar-refractivity contribution in [3.63, 3.8) is 0 Å². The molecule has 0 atom stereocenters. The fourth-order valence-electron chi connectivity index (χ4n) is 11.6. The van der Waals surface area contributed by atoms with Gasteiger partial charge in [-0.2, -0.15) is 0 Å². The SMILES string of the molecule is c1ccc(N(c2ccc3c(c2)C2(c4ccccc4-c4ccccc42)c2ccccc2-3)c2cccc3c4ccccc4c4ccccc4c23)c(-c2ccc3sc4ccccc4c3c2)c1. The third-order valence-electron chi connectivity index (χ3n) is 14.1. The molecule has 0 aliphatic heterocycles. The van der Waals surface area contributed by atoms with Crippen molar-refractivity contribution >= 4 is 80.9 Å². The average Bonchev–Trinajstić information content (AvgIpc) is 3.98. The highest BCUT2D eigenvalue weighted by molar-refractivity contribution is 7.25. The molecule has 0 radical (unpaired) electrons. The molecule has 0 bridgehead atoms. The number of hydrogen-bond acceptors (Lipinski definition) is 2. The fourth-order valence-corrected chi connectivity index (χ4v) is 12.6. The summed E-state index contributed by atoms with van der Waals surface area (Å²) in [4.78, 5) is 2.57. The average molecular weight is 816 g/mol. The highest BCUT2D eigenvalue weighted by Gasteiger charge is 2.51. The van der Waals surface area contributed by atoms with E-state index in [9.17, 15) is 0 Å². The van der Waals surface area contributed by atoms with Crippen LogP contribution in [0.3, 0.4) is 0 Å². The van der Waals surface area contributed by atoms with Crippen LogP contribution in [-0.2, 0) is 5.41 Å². The van der Waals surface area contributed by atoms with E-state index in [0.717, 1.165) is 17.1 Å². The van der Waals surface area contributed by atoms with E-state index in [1.54, 1.807) is 0 Å². The van der Waals surface area contributed by atoms with Gasteiger partial charge in [0.2, 0.25) is 0 Å². The second-order valence-corrected chi connectivity index (χ2v) is 18.2. The Labute approximate surface area is 369 Å². The molecule has 2 aliphatic rings. The third kappa shape index (κ3) is 4.71. The van der Waals surface area contributed by atoms with Crippen molar-refractivity contribution in [2.45, 2.75) is 5.41 Å². The summed E-state index contributed by atoms with van der Waals surface area (Å²) in [5.41, 5.74) is 15.9. The molecule has 0 unspecified atom stereocenters. The monoisotopic (exact) mass is 815 g/mol. The minimum atomic E-state index is -0.465. The number of benzene rings is 11. The van der Waals surface area contributed by atoms with Gasteiger partial charge in [-0.15, -0.1) is 11.3 Å². The van der Waals surface area contributed by atoms with Crippen LogP contribution in [0.4, 0.5) is 17.1 Å². The number of fused-ring (bicyclic) bond motifs is 19. The third-order valence-corrected chi connectivity index (χ3v) is 15.2. The molecule has 0 fully saturated rings. The molecule has 292 valence electrons. The molecule has 1 heterocycles. The highest BCUT2D eigenvalue weighted by Crippen LogP contribution is 2.63. The summed E-state index contributed by atoms with van der Waals surface area (Å²) in [6.45, 7) is 0. The van der Waals surface area contributed by atoms with Crippen molar-refractivity contribution in [2.24, 2.45) is 0 Å². The molecule has 0 N–H and O–H groups in total. The zero-order valence-corrected chi connectivity index (χ0v) is 35.0. The lowest BCUT2D eigenvalue weighted by Gasteiger charge is -2.33. The van der Waals surface area contributed by atoms with E-state index >= 15 is 0 Å². The normalized spacial score (nSPS) is 13.2. The van der Waals surface area contributed by atoms with Crippen molar-refractivity contribution in [1.29, 1.82) is 0 Å². The van der Waals surface area contributed by atoms with E-state index < -0.39 is 5.41 Å². The zero-order chi connectivity index (χ0) is 41.2. The van der Waals surface area contributed by atoms with E-state index in [1.807, 2.05) is 11.3 Å². The lowest BCUT2D eigenvalue weighted by Crippen LogP contribution is -2.26. The van der Waals surface area contributed by atoms with Gasteiger partial charge in [0.1, 0.15) is 0 Å². The number of hydrogen-bond donors (Lipinski definition) is 0. The first-order valence-electron chi connectivity index (χ1n) is 21.8. The number of nitrogens with zero attached hydrogens (tertiary/aromatic N) is 1. The Balaban J connectivity index is 1.10. The van der Waals surface area contributed by atoms with Gasteiger partial charge in [0.05, 0.1) is 16.8 Å². The molecular formula is C61H37NS. The summed E-state index contributed by atoms with van der Waals surface area (Å²) < 4.78 is 2.62. The van der Waals surface area contributed by atoms with Crippen LogP contribution >= 0.6 is 11.3 Å². The first-order chi connectivity index (χ1) is 31.3. The molecular weight excluding hydrogens is 779 g/mol. The predicted octanol–water partition coefficient (Wildman–Crippen LogP) is 17.0. The summed E-state index contributed by atoms with van der Waals surface area (Å²) in [7, 11) is 0. The molecule has 1 nitrogen and oxygen atoms in total. The summed E-state index contributed by atoms with van der Waals surface area (Å²) >= 11 is 1.87. The van der Waals surface area contributed by atoms with Crippen LogP contribution in [0.25, 0.3) is 85.9 Å². The number of anilines is 3. The fraction of sp³-hybridized carbons (Fsp3) is 0.0164. The van der Waals surface area contributed by atoms with E-state index in [1.165, 1.54) is 108 Å². The molecule has 63 heavy (non-hydrogen) atoms. The second-order valence-electron chi connectivity index (χ2n) is 17.1. The van der Waals surface area contributed by atoms with Crippen LogP contribution in [0.2, 0.25) is 0 Å². The summed E-state index contributed by atoms with van der Waals surface area (Å²) in [5, 5.41) is 10.2. The van der Waals surface area contributed by atoms with Gasteiger partial charge >= 0.3 is 0 Å². The van der Waals surface area contributed by atoms with Gasteiger partial charge in [-0.25, -0.2) is 0 Å². The Bertz CT molecular complexity index is 3780. The molecule has 12 aromatic rings. The van der Waals surface area contributed by atoms with Crippen LogP contribution < -0.4 is 4.90 Å². The largest absolute Gasteiger partial charge is 0.309 e. The first-order valence-corrected chi connectivity index (χ1v) is 22.7. The summed E-state index contributed by atoms with van der Waals surface area (Å²) in [6.07, 6.45) is 0. The molecule has 2 heteroatoms. The van der Waals surface area contributed by atoms with Gasteiger partial charge < -0.3 is 4.90 Å². The Kier molecular flexibility index (Phi) is 7.26. The van der Waals surface area contributed by atoms with Gasteiger partial charge in [0.15, 0.2) is 0 Å². The van der Waals surface area contributed by atoms with Crippen LogP contribution in [0.5, 0.6) is 0 Å². The molecule has 11 aromatic carbocycles. The van der Waals surface area contributed by atoms with E-state index in [4.69, 9.17) is 0 Å². The molecule has 0 saturated heterocycles. The lowest BCUT2D eigenvalue weighted by atomic mass is 9.70. The quantitative estimate of drug-likeness (QED) is 0.160. The number of rotatable bonds is 4. The van der Waals surface area contributed by atoms with Crippen molar-refractivity contribution in [1.82, 2.24) is 0 Å². The van der Waals surface area contributed by atoms with Gasteiger partial charge in [0, 0.05) is 36.8 Å². The van der Waals surface area contributed by atoms with Crippen molar-refractivity contribution in [2.75, 3.05) is 4.90 Å². The van der Waals surface area contributed by atoms with Crippen molar-refractivity contribution < 1.29 is 0 Å². The summed E-state index contributed by atoms with van der Waals surface area (Å²) in [6, 6.07) is 84.3. The summed E-state index contributed by atoms with van der Waals surface area (Å²) in [5.74, 6) is 0. The van der Waals surface area contributed by atoms with Crippen molar-refractivity contribution in [3.05, 3.63) is 247 Å².